The minimum absolute atomic E-state index is 0. The Morgan fingerprint density at radius 1 is 0.470 bits per heavy atom. The van der Waals surface area contributed by atoms with Crippen molar-refractivity contribution in [2.45, 2.75) is 116 Å². The zero-order valence-electron chi connectivity index (χ0n) is 46.8. The number of nitrogens with zero attached hydrogens (tertiary/aromatic N) is 2. The molecule has 4 N–H and O–H groups in total. The Morgan fingerprint density at radius 3 is 1.06 bits per heavy atom. The molecule has 0 unspecified atom stereocenters. The monoisotopic (exact) mass is 1140 g/mol. The Labute approximate surface area is 498 Å². The molecule has 83 heavy (non-hydrogen) atoms. The first-order valence-corrected chi connectivity index (χ1v) is 27.3. The fourth-order valence-electron chi connectivity index (χ4n) is 10.4. The summed E-state index contributed by atoms with van der Waals surface area (Å²) >= 11 is 0. The first-order chi connectivity index (χ1) is 39.3. The average molecular weight is 1140 g/mol. The van der Waals surface area contributed by atoms with Crippen LogP contribution in [0.1, 0.15) is 110 Å². The fraction of sp³-hybridized carbons (Fsp3) is 0.273. The second-order valence-corrected chi connectivity index (χ2v) is 20.7. The van der Waals surface area contributed by atoms with Gasteiger partial charge >= 0.3 is 23.1 Å². The number of hydrogen-bond acceptors (Lipinski definition) is 10. The summed E-state index contributed by atoms with van der Waals surface area (Å²) < 4.78 is 31.9. The van der Waals surface area contributed by atoms with E-state index in [4.69, 9.17) is 0 Å². The van der Waals surface area contributed by atoms with E-state index < -0.39 is 60.8 Å². The topological polar surface area (TPSA) is 235 Å². The molecule has 4 atom stereocenters. The van der Waals surface area contributed by atoms with E-state index in [2.05, 4.69) is 10.6 Å². The number of aliphatic hydroxyl groups is 2. The van der Waals surface area contributed by atoms with Gasteiger partial charge in [0.15, 0.2) is 0 Å². The summed E-state index contributed by atoms with van der Waals surface area (Å²) in [6.45, 7) is 8.35. The van der Waals surface area contributed by atoms with Crippen molar-refractivity contribution in [3.05, 3.63) is 204 Å². The van der Waals surface area contributed by atoms with Gasteiger partial charge < -0.3 is 60.0 Å². The van der Waals surface area contributed by atoms with Crippen molar-refractivity contribution in [2.75, 3.05) is 10.6 Å². The predicted molar refractivity (Wildman–Crippen MR) is 311 cm³/mol. The summed E-state index contributed by atoms with van der Waals surface area (Å²) in [5, 5.41) is 73.2. The molecule has 0 aliphatic rings. The van der Waals surface area contributed by atoms with Crippen LogP contribution in [0.2, 0.25) is 0 Å². The van der Waals surface area contributed by atoms with Gasteiger partial charge in [0.1, 0.15) is 11.6 Å². The number of rotatable bonds is 24. The van der Waals surface area contributed by atoms with Gasteiger partial charge in [-0.3, -0.25) is 9.59 Å². The molecule has 6 aromatic carbocycles. The average Bonchev–Trinajstić information content (AvgIpc) is 3.14. The van der Waals surface area contributed by atoms with Crippen molar-refractivity contribution in [1.82, 2.24) is 9.13 Å². The van der Waals surface area contributed by atoms with Gasteiger partial charge in [0.05, 0.1) is 34.7 Å². The van der Waals surface area contributed by atoms with Crippen molar-refractivity contribution in [2.24, 2.45) is 0 Å². The number of carbonyl (C=O) groups excluding carboxylic acids is 4. The zero-order valence-corrected chi connectivity index (χ0v) is 48.2. The SMILES string of the molecule is CC(C)c1c(C(=O)Nc2ccccc2)c(-c2ccccc2)c(-c2ccc(F)cc2)n1CC[C@@H](O)C[C@@H]([O-])CC(=O)[O-].CC(C)c1c(C(=O)Nc2ccccc2)c(-c2ccccc2)c(-c2ccc(F)cc2)n1CC[C@@H](O)C[C@@H]([O-])CC(=O)[O-].[Mg+2]. The molecule has 8 aromatic rings. The molecule has 0 aliphatic heterocycles. The van der Waals surface area contributed by atoms with Crippen LogP contribution in [-0.4, -0.2) is 90.6 Å². The van der Waals surface area contributed by atoms with Gasteiger partial charge in [0.2, 0.25) is 0 Å². The summed E-state index contributed by atoms with van der Waals surface area (Å²) in [5.74, 6) is -4.59. The first-order valence-electron chi connectivity index (χ1n) is 27.3. The number of aromatic nitrogens is 2. The standard InChI is InChI=1S/2C33H34FN2O5.Mg/c2*1-21(2)31-30(33(41)35-25-11-7-4-8-12-25)29(22-9-5-3-6-10-22)32(23-13-15-24(34)16-14-23)36(31)18-17-26(37)19-27(38)20-28(39)40;/h2*3-16,21,26-27,37H,17-20H2,1-2H3,(H,35,41)(H,39,40);/q2*-1;+2/p-2/t2*26-,27-;/m11./s1. The number of benzene rings is 6. The van der Waals surface area contributed by atoms with Gasteiger partial charge in [-0.15, -0.1) is 12.2 Å². The van der Waals surface area contributed by atoms with Crippen molar-refractivity contribution in [1.29, 1.82) is 0 Å². The number of aliphatic hydroxyl groups excluding tert-OH is 2. The maximum atomic E-state index is 14.0. The first kappa shape index (κ1) is 64.4. The van der Waals surface area contributed by atoms with Crippen LogP contribution in [0, 0.1) is 11.6 Å². The predicted octanol–water partition coefficient (Wildman–Crippen LogP) is 8.31. The number of aliphatic carboxylic acids is 2. The van der Waals surface area contributed by atoms with E-state index in [1.807, 2.05) is 134 Å². The molecule has 0 radical (unpaired) electrons. The molecule has 0 aliphatic carbocycles. The third kappa shape index (κ3) is 17.2. The van der Waals surface area contributed by atoms with Crippen LogP contribution in [0.15, 0.2) is 170 Å². The number of carbonyl (C=O) groups is 4. The zero-order chi connectivity index (χ0) is 59.0. The van der Waals surface area contributed by atoms with Crippen LogP contribution in [0.3, 0.4) is 0 Å². The molecule has 0 bridgehead atoms. The van der Waals surface area contributed by atoms with Crippen LogP contribution in [-0.2, 0) is 22.7 Å². The van der Waals surface area contributed by atoms with E-state index in [-0.39, 0.29) is 85.5 Å². The second kappa shape index (κ2) is 30.5. The van der Waals surface area contributed by atoms with Gasteiger partial charge in [0.25, 0.3) is 11.8 Å². The molecule has 8 rings (SSSR count). The molecule has 0 spiro atoms. The fourth-order valence-corrected chi connectivity index (χ4v) is 10.4. The van der Waals surface area contributed by atoms with Crippen LogP contribution in [0.4, 0.5) is 20.2 Å². The smallest absolute Gasteiger partial charge is 0.852 e. The molecule has 17 heteroatoms. The molecule has 0 fully saturated rings. The van der Waals surface area contributed by atoms with Gasteiger partial charge in [-0.25, -0.2) is 8.78 Å². The third-order valence-electron chi connectivity index (χ3n) is 13.8. The Hall–Kier alpha value is -7.77. The Morgan fingerprint density at radius 2 is 0.771 bits per heavy atom. The maximum Gasteiger partial charge on any atom is 2.00 e. The summed E-state index contributed by atoms with van der Waals surface area (Å²) in [7, 11) is 0. The van der Waals surface area contributed by atoms with E-state index in [1.165, 1.54) is 24.3 Å². The molecular formula is C66H66F2MgN4O10-2. The van der Waals surface area contributed by atoms with E-state index in [9.17, 15) is 58.6 Å². The largest absolute Gasteiger partial charge is 2.00 e. The third-order valence-corrected chi connectivity index (χ3v) is 13.8. The minimum Gasteiger partial charge on any atom is -0.852 e. The van der Waals surface area contributed by atoms with Crippen molar-refractivity contribution in [3.63, 3.8) is 0 Å². The van der Waals surface area contributed by atoms with Crippen LogP contribution in [0.25, 0.3) is 44.8 Å². The van der Waals surface area contributed by atoms with Crippen LogP contribution in [0.5, 0.6) is 0 Å². The molecule has 2 aromatic heterocycles. The minimum atomic E-state index is -1.49. The van der Waals surface area contributed by atoms with Crippen LogP contribution >= 0.6 is 0 Å². The number of carboxylic acids is 2. The molecule has 428 valence electrons. The number of carboxylic acid groups (broad SMARTS) is 2. The Bertz CT molecular complexity index is 3170. The normalized spacial score (nSPS) is 12.6. The summed E-state index contributed by atoms with van der Waals surface area (Å²) in [6.07, 6.45) is -6.69. The number of anilines is 2. The van der Waals surface area contributed by atoms with Gasteiger partial charge in [-0.1, -0.05) is 125 Å². The molecular weight excluding hydrogens is 1070 g/mol. The number of nitrogens with one attached hydrogen (secondary N) is 2. The van der Waals surface area contributed by atoms with Gasteiger partial charge in [-0.05, 0) is 145 Å². The van der Waals surface area contributed by atoms with Crippen molar-refractivity contribution >= 4 is 58.2 Å². The molecule has 14 nitrogen and oxygen atoms in total. The van der Waals surface area contributed by atoms with E-state index in [1.54, 1.807) is 48.5 Å². The number of hydrogen-bond donors (Lipinski definition) is 4. The summed E-state index contributed by atoms with van der Waals surface area (Å²) in [4.78, 5) is 49.7. The maximum absolute atomic E-state index is 14.0. The van der Waals surface area contributed by atoms with Crippen molar-refractivity contribution in [3.8, 4) is 44.8 Å². The number of halogens is 2. The summed E-state index contributed by atoms with van der Waals surface area (Å²) in [6, 6.07) is 49.2. The Kier molecular flexibility index (Phi) is 23.7. The van der Waals surface area contributed by atoms with E-state index >= 15 is 0 Å². The van der Waals surface area contributed by atoms with E-state index in [0.29, 0.717) is 56.1 Å². The molecule has 2 amide bonds. The molecule has 0 saturated carbocycles. The van der Waals surface area contributed by atoms with Gasteiger partial charge in [-0.2, -0.15) is 0 Å². The van der Waals surface area contributed by atoms with Crippen LogP contribution < -0.4 is 31.1 Å². The van der Waals surface area contributed by atoms with E-state index in [0.717, 1.165) is 22.5 Å². The number of para-hydroxylation sites is 2. The van der Waals surface area contributed by atoms with Gasteiger partial charge in [0, 0.05) is 58.9 Å². The second-order valence-electron chi connectivity index (χ2n) is 20.7. The number of amides is 2. The molecule has 2 heterocycles. The van der Waals surface area contributed by atoms with Crippen molar-refractivity contribution < 1.29 is 58.6 Å². The Balaban J connectivity index is 0.000000263. The molecule has 0 saturated heterocycles. The summed E-state index contributed by atoms with van der Waals surface area (Å²) in [5.41, 5.74) is 9.26. The quantitative estimate of drug-likeness (QED) is 0.0422.